The molecule has 0 aliphatic carbocycles. The lowest BCUT2D eigenvalue weighted by molar-refractivity contribution is 0.108. The highest BCUT2D eigenvalue weighted by Gasteiger charge is 2.28. The number of rotatable bonds is 8. The molecule has 1 aromatic carbocycles. The molecule has 10 heteroatoms. The number of hydrogen-bond acceptors (Lipinski definition) is 9. The van der Waals surface area contributed by atoms with Crippen LogP contribution in [0.4, 0.5) is 11.5 Å². The predicted octanol–water partition coefficient (Wildman–Crippen LogP) is 4.43. The Labute approximate surface area is 220 Å². The first-order chi connectivity index (χ1) is 17.9. The second-order valence-electron chi connectivity index (χ2n) is 9.11. The van der Waals surface area contributed by atoms with Crippen LogP contribution in [0.1, 0.15) is 22.6 Å². The van der Waals surface area contributed by atoms with E-state index >= 15 is 0 Å². The van der Waals surface area contributed by atoms with Crippen molar-refractivity contribution >= 4 is 23.1 Å². The van der Waals surface area contributed by atoms with Crippen LogP contribution in [-0.4, -0.2) is 58.1 Å². The zero-order valence-corrected chi connectivity index (χ0v) is 22.0. The molecule has 0 amide bonds. The Morgan fingerprint density at radius 2 is 2.05 bits per heavy atom. The van der Waals surface area contributed by atoms with Crippen LogP contribution in [-0.2, 0) is 6.42 Å². The van der Waals surface area contributed by atoms with Crippen molar-refractivity contribution in [2.45, 2.75) is 33.3 Å². The second-order valence-corrected chi connectivity index (χ2v) is 9.52. The van der Waals surface area contributed by atoms with Gasteiger partial charge in [0.1, 0.15) is 30.0 Å². The molecule has 1 atom stereocenters. The van der Waals surface area contributed by atoms with Gasteiger partial charge in [0.2, 0.25) is 0 Å². The van der Waals surface area contributed by atoms with E-state index in [0.29, 0.717) is 34.5 Å². The quantitative estimate of drug-likeness (QED) is 0.348. The van der Waals surface area contributed by atoms with Crippen molar-refractivity contribution in [3.8, 4) is 28.4 Å². The summed E-state index contributed by atoms with van der Waals surface area (Å²) in [6.45, 7) is 7.14. The lowest BCUT2D eigenvalue weighted by Crippen LogP contribution is -2.29. The van der Waals surface area contributed by atoms with Crippen molar-refractivity contribution in [3.05, 3.63) is 64.3 Å². The summed E-state index contributed by atoms with van der Waals surface area (Å²) >= 11 is 6.67. The first kappa shape index (κ1) is 25.1. The third-order valence-corrected chi connectivity index (χ3v) is 6.82. The maximum atomic E-state index is 10.1. The molecule has 0 bridgehead atoms. The number of likely N-dealkylation sites (N-methyl/N-ethyl adjacent to an activating group) is 1. The SMILES string of the molecule is CNCC(O)COc1ccc(Cl)c(-c2nc(-c3c(C)noc3C)c(C)c(N3CCc4ccncc43)n2)c1. The van der Waals surface area contributed by atoms with Gasteiger partial charge in [0.05, 0.1) is 33.9 Å². The molecule has 1 aliphatic heterocycles. The maximum Gasteiger partial charge on any atom is 0.163 e. The molecule has 2 N–H and O–H groups in total. The van der Waals surface area contributed by atoms with Crippen molar-refractivity contribution in [2.24, 2.45) is 0 Å². The van der Waals surface area contributed by atoms with Crippen molar-refractivity contribution in [2.75, 3.05) is 31.6 Å². The molecule has 192 valence electrons. The van der Waals surface area contributed by atoms with E-state index in [0.717, 1.165) is 47.0 Å². The van der Waals surface area contributed by atoms with Gasteiger partial charge in [-0.2, -0.15) is 0 Å². The molecule has 4 heterocycles. The van der Waals surface area contributed by atoms with Crippen LogP contribution in [0.5, 0.6) is 5.75 Å². The zero-order valence-electron chi connectivity index (χ0n) is 21.2. The van der Waals surface area contributed by atoms with Gasteiger partial charge in [0.25, 0.3) is 0 Å². The Morgan fingerprint density at radius 3 is 2.81 bits per heavy atom. The van der Waals surface area contributed by atoms with Gasteiger partial charge in [-0.1, -0.05) is 16.8 Å². The fourth-order valence-corrected chi connectivity index (χ4v) is 4.85. The van der Waals surface area contributed by atoms with Gasteiger partial charge in [-0.05, 0) is 64.1 Å². The van der Waals surface area contributed by atoms with Crippen molar-refractivity contribution in [1.82, 2.24) is 25.4 Å². The van der Waals surface area contributed by atoms with Gasteiger partial charge < -0.3 is 24.6 Å². The first-order valence-corrected chi connectivity index (χ1v) is 12.5. The number of pyridine rings is 1. The Balaban J connectivity index is 1.64. The topological polar surface area (TPSA) is 109 Å². The minimum atomic E-state index is -0.638. The van der Waals surface area contributed by atoms with Crippen LogP contribution in [0.3, 0.4) is 0 Å². The molecule has 9 nitrogen and oxygen atoms in total. The zero-order chi connectivity index (χ0) is 26.1. The lowest BCUT2D eigenvalue weighted by atomic mass is 10.0. The highest BCUT2D eigenvalue weighted by atomic mass is 35.5. The molecule has 1 aliphatic rings. The highest BCUT2D eigenvalue weighted by molar-refractivity contribution is 6.33. The van der Waals surface area contributed by atoms with Gasteiger partial charge in [-0.25, -0.2) is 9.97 Å². The predicted molar refractivity (Wildman–Crippen MR) is 143 cm³/mol. The Hall–Kier alpha value is -3.53. The number of nitrogens with zero attached hydrogens (tertiary/aromatic N) is 5. The molecule has 0 saturated carbocycles. The Morgan fingerprint density at radius 1 is 1.22 bits per heavy atom. The smallest absolute Gasteiger partial charge is 0.163 e. The van der Waals surface area contributed by atoms with E-state index in [1.165, 1.54) is 5.56 Å². The number of aliphatic hydroxyl groups is 1. The minimum absolute atomic E-state index is 0.143. The van der Waals surface area contributed by atoms with Crippen molar-refractivity contribution in [1.29, 1.82) is 0 Å². The number of ether oxygens (including phenoxy) is 1. The average Bonchev–Trinajstić information content (AvgIpc) is 3.47. The van der Waals surface area contributed by atoms with E-state index < -0.39 is 6.10 Å². The van der Waals surface area contributed by atoms with E-state index in [4.69, 9.17) is 30.8 Å². The van der Waals surface area contributed by atoms with E-state index in [9.17, 15) is 5.11 Å². The molecule has 0 spiro atoms. The second kappa shape index (κ2) is 10.5. The molecule has 37 heavy (non-hydrogen) atoms. The highest BCUT2D eigenvalue weighted by Crippen LogP contribution is 2.40. The van der Waals surface area contributed by atoms with Crippen LogP contribution in [0.2, 0.25) is 5.02 Å². The standard InChI is InChI=1S/C27H29ClN6O3/c1-15-25(24-16(2)33-37-17(24)3)31-26(32-27(15)34-10-8-18-7-9-30-13-23(18)34)21-11-20(5-6-22(21)28)36-14-19(35)12-29-4/h5-7,9,11,13,19,29,35H,8,10,12,14H2,1-4H3. The number of benzene rings is 1. The Bertz CT molecular complexity index is 1420. The summed E-state index contributed by atoms with van der Waals surface area (Å²) < 4.78 is 11.3. The molecule has 4 aromatic rings. The molecule has 0 radical (unpaired) electrons. The molecule has 0 saturated heterocycles. The number of halogens is 1. The van der Waals surface area contributed by atoms with Crippen LogP contribution in [0, 0.1) is 20.8 Å². The summed E-state index contributed by atoms with van der Waals surface area (Å²) in [5, 5.41) is 17.6. The molecule has 1 unspecified atom stereocenters. The van der Waals surface area contributed by atoms with Gasteiger partial charge in [-0.15, -0.1) is 0 Å². The van der Waals surface area contributed by atoms with Crippen LogP contribution < -0.4 is 15.0 Å². The van der Waals surface area contributed by atoms with Crippen LogP contribution >= 0.6 is 11.6 Å². The van der Waals surface area contributed by atoms with Crippen LogP contribution in [0.25, 0.3) is 22.6 Å². The van der Waals surface area contributed by atoms with Crippen molar-refractivity contribution in [3.63, 3.8) is 0 Å². The average molecular weight is 521 g/mol. The third kappa shape index (κ3) is 4.90. The van der Waals surface area contributed by atoms with Gasteiger partial charge in [0.15, 0.2) is 5.82 Å². The monoisotopic (exact) mass is 520 g/mol. The van der Waals surface area contributed by atoms with Gasteiger partial charge in [0, 0.05) is 30.4 Å². The summed E-state index contributed by atoms with van der Waals surface area (Å²) in [6, 6.07) is 7.37. The molecule has 3 aromatic heterocycles. The number of aliphatic hydroxyl groups excluding tert-OH is 1. The minimum Gasteiger partial charge on any atom is -0.491 e. The normalized spacial score (nSPS) is 13.6. The summed E-state index contributed by atoms with van der Waals surface area (Å²) in [4.78, 5) is 16.5. The van der Waals surface area contributed by atoms with E-state index in [-0.39, 0.29) is 6.61 Å². The Kier molecular flexibility index (Phi) is 7.10. The van der Waals surface area contributed by atoms with Gasteiger partial charge >= 0.3 is 0 Å². The van der Waals surface area contributed by atoms with E-state index in [1.54, 1.807) is 25.2 Å². The summed E-state index contributed by atoms with van der Waals surface area (Å²) in [7, 11) is 1.78. The van der Waals surface area contributed by atoms with Crippen molar-refractivity contribution < 1.29 is 14.4 Å². The summed E-state index contributed by atoms with van der Waals surface area (Å²) in [5.74, 6) is 2.48. The fraction of sp³-hybridized carbons (Fsp3) is 0.333. The molecular weight excluding hydrogens is 492 g/mol. The molecule has 0 fully saturated rings. The van der Waals surface area contributed by atoms with Gasteiger partial charge in [-0.3, -0.25) is 4.98 Å². The number of aromatic nitrogens is 4. The number of aryl methyl sites for hydroxylation is 2. The fourth-order valence-electron chi connectivity index (χ4n) is 4.65. The largest absolute Gasteiger partial charge is 0.491 e. The maximum absolute atomic E-state index is 10.1. The number of fused-ring (bicyclic) bond motifs is 1. The number of anilines is 2. The van der Waals surface area contributed by atoms with E-state index in [1.807, 2.05) is 39.2 Å². The van der Waals surface area contributed by atoms with E-state index in [2.05, 4.69) is 20.4 Å². The first-order valence-electron chi connectivity index (χ1n) is 12.1. The molecule has 5 rings (SSSR count). The summed E-state index contributed by atoms with van der Waals surface area (Å²) in [5.41, 5.74) is 6.12. The number of hydrogen-bond donors (Lipinski definition) is 2. The number of nitrogens with one attached hydrogen (secondary N) is 1. The molecular formula is C27H29ClN6O3. The third-order valence-electron chi connectivity index (χ3n) is 6.49. The summed E-state index contributed by atoms with van der Waals surface area (Å²) in [6.07, 6.45) is 3.95. The van der Waals surface area contributed by atoms with Crippen LogP contribution in [0.15, 0.2) is 41.2 Å². The lowest BCUT2D eigenvalue weighted by Gasteiger charge is -2.23.